The molecule has 0 radical (unpaired) electrons. The summed E-state index contributed by atoms with van der Waals surface area (Å²) in [6.07, 6.45) is 0.838. The zero-order chi connectivity index (χ0) is 26.3. The standard InChI is InChI=1S/C31H37N3O4/c1-24-12-13-27(38-24)22-34(21-25-8-4-2-5-9-25)30(35)23-33(15-14-32-16-18-37-19-17-32)31(36)29-20-28(29)26-10-6-3-7-11-26/h2-13,28-29H,14-23H2,1H3/t28-,29?/m0/s1. The molecule has 2 fully saturated rings. The molecule has 1 unspecified atom stereocenters. The number of carbonyl (C=O) groups excluding carboxylic acids is 2. The molecular weight excluding hydrogens is 478 g/mol. The molecule has 1 aliphatic carbocycles. The largest absolute Gasteiger partial charge is 0.464 e. The van der Waals surface area contributed by atoms with Crippen LogP contribution in [0.5, 0.6) is 0 Å². The van der Waals surface area contributed by atoms with Gasteiger partial charge in [-0.2, -0.15) is 0 Å². The van der Waals surface area contributed by atoms with E-state index in [1.165, 1.54) is 5.56 Å². The highest BCUT2D eigenvalue weighted by atomic mass is 16.5. The molecule has 2 aliphatic rings. The number of hydrogen-bond donors (Lipinski definition) is 0. The van der Waals surface area contributed by atoms with Gasteiger partial charge in [-0.05, 0) is 42.5 Å². The van der Waals surface area contributed by atoms with Gasteiger partial charge in [-0.3, -0.25) is 14.5 Å². The number of morpholine rings is 1. The van der Waals surface area contributed by atoms with E-state index in [1.54, 1.807) is 9.80 Å². The Balaban J connectivity index is 1.30. The first-order valence-corrected chi connectivity index (χ1v) is 13.6. The smallest absolute Gasteiger partial charge is 0.242 e. The summed E-state index contributed by atoms with van der Waals surface area (Å²) < 4.78 is 11.3. The normalized spacial score (nSPS) is 19.2. The van der Waals surface area contributed by atoms with Crippen LogP contribution < -0.4 is 0 Å². The molecule has 0 N–H and O–H groups in total. The number of benzene rings is 2. The third kappa shape index (κ3) is 6.91. The van der Waals surface area contributed by atoms with Crippen molar-refractivity contribution in [3.05, 3.63) is 95.4 Å². The van der Waals surface area contributed by atoms with E-state index in [1.807, 2.05) is 67.6 Å². The van der Waals surface area contributed by atoms with Crippen LogP contribution in [-0.2, 0) is 27.4 Å². The number of rotatable bonds is 11. The van der Waals surface area contributed by atoms with Crippen LogP contribution in [0.1, 0.15) is 35.0 Å². The van der Waals surface area contributed by atoms with Gasteiger partial charge in [-0.15, -0.1) is 0 Å². The second-order valence-electron chi connectivity index (χ2n) is 10.3. The van der Waals surface area contributed by atoms with Crippen LogP contribution in [0.25, 0.3) is 0 Å². The molecule has 0 bridgehead atoms. The first-order chi connectivity index (χ1) is 18.6. The number of aryl methyl sites for hydroxylation is 1. The number of carbonyl (C=O) groups is 2. The van der Waals surface area contributed by atoms with Crippen LogP contribution in [0, 0.1) is 12.8 Å². The molecule has 5 rings (SSSR count). The van der Waals surface area contributed by atoms with Crippen molar-refractivity contribution in [2.24, 2.45) is 5.92 Å². The first kappa shape index (κ1) is 26.2. The van der Waals surface area contributed by atoms with Crippen LogP contribution in [0.15, 0.2) is 77.2 Å². The van der Waals surface area contributed by atoms with Crippen molar-refractivity contribution >= 4 is 11.8 Å². The third-order valence-corrected chi connectivity index (χ3v) is 7.47. The Bertz CT molecular complexity index is 1190. The zero-order valence-corrected chi connectivity index (χ0v) is 22.1. The van der Waals surface area contributed by atoms with Crippen LogP contribution in [0.3, 0.4) is 0 Å². The fourth-order valence-electron chi connectivity index (χ4n) is 5.18. The molecule has 200 valence electrons. The number of nitrogens with zero attached hydrogens (tertiary/aromatic N) is 3. The summed E-state index contributed by atoms with van der Waals surface area (Å²) in [5, 5.41) is 0. The van der Waals surface area contributed by atoms with Crippen molar-refractivity contribution in [1.82, 2.24) is 14.7 Å². The number of amides is 2. The lowest BCUT2D eigenvalue weighted by atomic mass is 10.1. The number of hydrogen-bond acceptors (Lipinski definition) is 5. The molecule has 7 nitrogen and oxygen atoms in total. The average Bonchev–Trinajstić information content (AvgIpc) is 3.66. The lowest BCUT2D eigenvalue weighted by Gasteiger charge is -2.31. The molecule has 2 heterocycles. The van der Waals surface area contributed by atoms with Gasteiger partial charge in [0.25, 0.3) is 0 Å². The Morgan fingerprint density at radius 2 is 1.61 bits per heavy atom. The summed E-state index contributed by atoms with van der Waals surface area (Å²) in [6, 6.07) is 24.0. The minimum Gasteiger partial charge on any atom is -0.464 e. The van der Waals surface area contributed by atoms with Gasteiger partial charge in [0.1, 0.15) is 11.5 Å². The Kier molecular flexibility index (Phi) is 8.56. The summed E-state index contributed by atoms with van der Waals surface area (Å²) in [5.74, 6) is 1.73. The van der Waals surface area contributed by atoms with Gasteiger partial charge in [0.05, 0.1) is 26.3 Å². The molecule has 1 saturated carbocycles. The Hall–Kier alpha value is -3.42. The van der Waals surface area contributed by atoms with Crippen molar-refractivity contribution in [1.29, 1.82) is 0 Å². The van der Waals surface area contributed by atoms with Crippen LogP contribution in [-0.4, -0.2) is 72.5 Å². The lowest BCUT2D eigenvalue weighted by Crippen LogP contribution is -2.47. The zero-order valence-electron chi connectivity index (χ0n) is 22.1. The molecule has 2 atom stereocenters. The maximum atomic E-state index is 13.8. The number of furan rings is 1. The van der Waals surface area contributed by atoms with Gasteiger partial charge in [0.15, 0.2) is 0 Å². The predicted molar refractivity (Wildman–Crippen MR) is 145 cm³/mol. The van der Waals surface area contributed by atoms with Crippen LogP contribution >= 0.6 is 0 Å². The van der Waals surface area contributed by atoms with Crippen molar-refractivity contribution in [2.45, 2.75) is 32.4 Å². The van der Waals surface area contributed by atoms with E-state index in [9.17, 15) is 9.59 Å². The summed E-state index contributed by atoms with van der Waals surface area (Å²) in [5.41, 5.74) is 2.24. The van der Waals surface area contributed by atoms with Crippen molar-refractivity contribution in [2.75, 3.05) is 45.9 Å². The maximum Gasteiger partial charge on any atom is 0.242 e. The molecule has 0 spiro atoms. The van der Waals surface area contributed by atoms with Gasteiger partial charge in [-0.25, -0.2) is 0 Å². The summed E-state index contributed by atoms with van der Waals surface area (Å²) in [7, 11) is 0. The molecular formula is C31H37N3O4. The van der Waals surface area contributed by atoms with E-state index in [0.29, 0.717) is 32.8 Å². The summed E-state index contributed by atoms with van der Waals surface area (Å²) in [4.78, 5) is 33.4. The molecule has 1 aliphatic heterocycles. The van der Waals surface area contributed by atoms with Crippen molar-refractivity contribution in [3.8, 4) is 0 Å². The van der Waals surface area contributed by atoms with Crippen molar-refractivity contribution < 1.29 is 18.7 Å². The van der Waals surface area contributed by atoms with Gasteiger partial charge in [0, 0.05) is 38.6 Å². The van der Waals surface area contributed by atoms with Crippen molar-refractivity contribution in [3.63, 3.8) is 0 Å². The third-order valence-electron chi connectivity index (χ3n) is 7.47. The van der Waals surface area contributed by atoms with Gasteiger partial charge in [-0.1, -0.05) is 60.7 Å². The molecule has 1 aromatic heterocycles. The van der Waals surface area contributed by atoms with Crippen LogP contribution in [0.2, 0.25) is 0 Å². The van der Waals surface area contributed by atoms with Gasteiger partial charge in [0.2, 0.25) is 11.8 Å². The average molecular weight is 516 g/mol. The first-order valence-electron chi connectivity index (χ1n) is 13.6. The molecule has 1 saturated heterocycles. The fourth-order valence-corrected chi connectivity index (χ4v) is 5.18. The Morgan fingerprint density at radius 3 is 2.29 bits per heavy atom. The highest BCUT2D eigenvalue weighted by molar-refractivity contribution is 5.88. The summed E-state index contributed by atoms with van der Waals surface area (Å²) in [6.45, 7) is 7.17. The molecule has 7 heteroatoms. The van der Waals surface area contributed by atoms with E-state index in [0.717, 1.165) is 43.1 Å². The van der Waals surface area contributed by atoms with Crippen LogP contribution in [0.4, 0.5) is 0 Å². The topological polar surface area (TPSA) is 66.2 Å². The predicted octanol–water partition coefficient (Wildman–Crippen LogP) is 4.08. The Labute approximate surface area is 225 Å². The molecule has 38 heavy (non-hydrogen) atoms. The van der Waals surface area contributed by atoms with E-state index in [-0.39, 0.29) is 30.2 Å². The quantitative estimate of drug-likeness (QED) is 0.385. The minimum atomic E-state index is -0.0739. The summed E-state index contributed by atoms with van der Waals surface area (Å²) >= 11 is 0. The van der Waals surface area contributed by atoms with E-state index in [4.69, 9.17) is 9.15 Å². The molecule has 2 aromatic carbocycles. The lowest BCUT2D eigenvalue weighted by molar-refractivity contribution is -0.142. The van der Waals surface area contributed by atoms with E-state index < -0.39 is 0 Å². The van der Waals surface area contributed by atoms with E-state index >= 15 is 0 Å². The van der Waals surface area contributed by atoms with Gasteiger partial charge >= 0.3 is 0 Å². The highest BCUT2D eigenvalue weighted by Crippen LogP contribution is 2.48. The maximum absolute atomic E-state index is 13.8. The second-order valence-corrected chi connectivity index (χ2v) is 10.3. The molecule has 2 amide bonds. The SMILES string of the molecule is Cc1ccc(CN(Cc2ccccc2)C(=O)CN(CCN2CCOCC2)C(=O)C2C[C@H]2c2ccccc2)o1. The Morgan fingerprint density at radius 1 is 0.895 bits per heavy atom. The highest BCUT2D eigenvalue weighted by Gasteiger charge is 2.46. The minimum absolute atomic E-state index is 0.0632. The monoisotopic (exact) mass is 515 g/mol. The van der Waals surface area contributed by atoms with E-state index in [2.05, 4.69) is 17.0 Å². The molecule has 3 aromatic rings. The second kappa shape index (κ2) is 12.4. The van der Waals surface area contributed by atoms with Gasteiger partial charge < -0.3 is 19.0 Å². The fraction of sp³-hybridized carbons (Fsp3) is 0.419. The number of ether oxygens (including phenoxy) is 1.